The Labute approximate surface area is 115 Å². The van der Waals surface area contributed by atoms with E-state index in [1.54, 1.807) is 19.2 Å². The molecule has 1 heterocycles. The van der Waals surface area contributed by atoms with Crippen molar-refractivity contribution in [3.8, 4) is 0 Å². The smallest absolute Gasteiger partial charge is 0.292 e. The molecule has 2 rings (SSSR count). The number of hydrogen-bond donors (Lipinski definition) is 1. The number of rotatable bonds is 4. The molecule has 7 heteroatoms. The van der Waals surface area contributed by atoms with Gasteiger partial charge in [-0.25, -0.2) is 0 Å². The molecule has 1 aliphatic rings. The predicted octanol–water partition coefficient (Wildman–Crippen LogP) is 1.68. The van der Waals surface area contributed by atoms with Gasteiger partial charge >= 0.3 is 0 Å². The van der Waals surface area contributed by atoms with E-state index in [9.17, 15) is 19.7 Å². The van der Waals surface area contributed by atoms with Gasteiger partial charge in [0.05, 0.1) is 11.5 Å². The van der Waals surface area contributed by atoms with E-state index in [1.807, 2.05) is 0 Å². The first-order valence-electron chi connectivity index (χ1n) is 6.31. The van der Waals surface area contributed by atoms with Crippen molar-refractivity contribution in [3.05, 3.63) is 33.9 Å². The van der Waals surface area contributed by atoms with Crippen molar-refractivity contribution in [3.63, 3.8) is 0 Å². The molecule has 0 bridgehead atoms. The fraction of sp³-hybridized carbons (Fsp3) is 0.385. The van der Waals surface area contributed by atoms with E-state index < -0.39 is 4.92 Å². The first-order chi connectivity index (χ1) is 9.52. The van der Waals surface area contributed by atoms with Crippen LogP contribution >= 0.6 is 0 Å². The molecular weight excluding hydrogens is 262 g/mol. The molecule has 0 atom stereocenters. The Bertz CT molecular complexity index is 555. The zero-order chi connectivity index (χ0) is 14.7. The number of nitro groups is 1. The standard InChI is InChI=1S/C13H15N3O4/c1-14-10-6-5-9(7-11(10)16(19)20)8-15-12(17)3-2-4-13(15)18/h5-7,14H,2-4,8H2,1H3. The second kappa shape index (κ2) is 5.68. The van der Waals surface area contributed by atoms with Crippen LogP contribution < -0.4 is 5.32 Å². The summed E-state index contributed by atoms with van der Waals surface area (Å²) in [6, 6.07) is 4.64. The van der Waals surface area contributed by atoms with Gasteiger partial charge in [-0.2, -0.15) is 0 Å². The lowest BCUT2D eigenvalue weighted by Crippen LogP contribution is -2.39. The predicted molar refractivity (Wildman–Crippen MR) is 72.1 cm³/mol. The average Bonchev–Trinajstić information content (AvgIpc) is 2.43. The molecule has 1 aromatic carbocycles. The minimum Gasteiger partial charge on any atom is -0.383 e. The number of anilines is 1. The van der Waals surface area contributed by atoms with Gasteiger partial charge in [-0.15, -0.1) is 0 Å². The third-order valence-corrected chi connectivity index (χ3v) is 3.25. The number of nitrogens with one attached hydrogen (secondary N) is 1. The lowest BCUT2D eigenvalue weighted by Gasteiger charge is -2.24. The zero-order valence-corrected chi connectivity index (χ0v) is 11.1. The number of likely N-dealkylation sites (tertiary alicyclic amines) is 1. The van der Waals surface area contributed by atoms with Gasteiger partial charge in [-0.1, -0.05) is 6.07 Å². The van der Waals surface area contributed by atoms with Crippen LogP contribution in [0.4, 0.5) is 11.4 Å². The number of hydrogen-bond acceptors (Lipinski definition) is 5. The third kappa shape index (κ3) is 2.76. The maximum atomic E-state index is 11.7. The molecule has 1 aliphatic heterocycles. The summed E-state index contributed by atoms with van der Waals surface area (Å²) in [5.74, 6) is -0.441. The second-order valence-corrected chi connectivity index (χ2v) is 4.59. The number of nitrogens with zero attached hydrogens (tertiary/aromatic N) is 2. The molecule has 1 saturated heterocycles. The molecule has 1 N–H and O–H groups in total. The summed E-state index contributed by atoms with van der Waals surface area (Å²) in [5, 5.41) is 13.7. The van der Waals surface area contributed by atoms with Gasteiger partial charge in [0.2, 0.25) is 11.8 Å². The van der Waals surface area contributed by atoms with Crippen molar-refractivity contribution >= 4 is 23.2 Å². The Kier molecular flexibility index (Phi) is 3.97. The summed E-state index contributed by atoms with van der Waals surface area (Å²) in [7, 11) is 1.60. The number of nitro benzene ring substituents is 1. The fourth-order valence-corrected chi connectivity index (χ4v) is 2.20. The van der Waals surface area contributed by atoms with Crippen LogP contribution in [0.2, 0.25) is 0 Å². The molecule has 0 unspecified atom stereocenters. The monoisotopic (exact) mass is 277 g/mol. The molecule has 0 aromatic heterocycles. The summed E-state index contributed by atoms with van der Waals surface area (Å²) in [6.07, 6.45) is 1.28. The molecule has 1 fully saturated rings. The highest BCUT2D eigenvalue weighted by Gasteiger charge is 2.26. The minimum atomic E-state index is -0.491. The van der Waals surface area contributed by atoms with Crippen LogP contribution in [0.3, 0.4) is 0 Å². The van der Waals surface area contributed by atoms with Crippen LogP contribution in [0.25, 0.3) is 0 Å². The van der Waals surface area contributed by atoms with Crippen molar-refractivity contribution in [1.82, 2.24) is 4.90 Å². The van der Waals surface area contributed by atoms with Crippen LogP contribution in [0.15, 0.2) is 18.2 Å². The van der Waals surface area contributed by atoms with Gasteiger partial charge in [0.1, 0.15) is 5.69 Å². The molecule has 1 aromatic rings. The number of piperidine rings is 1. The first kappa shape index (κ1) is 14.0. The Hall–Kier alpha value is -2.44. The summed E-state index contributed by atoms with van der Waals surface area (Å²) in [6.45, 7) is 0.0858. The summed E-state index contributed by atoms with van der Waals surface area (Å²) in [4.78, 5) is 35.1. The molecule has 20 heavy (non-hydrogen) atoms. The van der Waals surface area contributed by atoms with Gasteiger partial charge in [0.15, 0.2) is 0 Å². The number of amides is 2. The quantitative estimate of drug-likeness (QED) is 0.513. The van der Waals surface area contributed by atoms with Crippen LogP contribution in [0.1, 0.15) is 24.8 Å². The van der Waals surface area contributed by atoms with E-state index in [0.29, 0.717) is 30.5 Å². The van der Waals surface area contributed by atoms with E-state index in [2.05, 4.69) is 5.32 Å². The van der Waals surface area contributed by atoms with E-state index >= 15 is 0 Å². The van der Waals surface area contributed by atoms with Crippen LogP contribution in [-0.4, -0.2) is 28.7 Å². The van der Waals surface area contributed by atoms with Gasteiger partial charge in [-0.05, 0) is 18.1 Å². The second-order valence-electron chi connectivity index (χ2n) is 4.59. The average molecular weight is 277 g/mol. The first-order valence-corrected chi connectivity index (χ1v) is 6.31. The largest absolute Gasteiger partial charge is 0.383 e. The summed E-state index contributed by atoms with van der Waals surface area (Å²) >= 11 is 0. The lowest BCUT2D eigenvalue weighted by molar-refractivity contribution is -0.384. The van der Waals surface area contributed by atoms with Crippen LogP contribution in [0.5, 0.6) is 0 Å². The molecule has 0 spiro atoms. The van der Waals surface area contributed by atoms with Crippen molar-refractivity contribution < 1.29 is 14.5 Å². The topological polar surface area (TPSA) is 92.6 Å². The molecule has 2 amide bonds. The molecule has 0 saturated carbocycles. The number of benzene rings is 1. The normalized spacial score (nSPS) is 15.3. The minimum absolute atomic E-state index is 0.0677. The molecule has 0 aliphatic carbocycles. The zero-order valence-electron chi connectivity index (χ0n) is 11.1. The Morgan fingerprint density at radius 1 is 1.30 bits per heavy atom. The Balaban J connectivity index is 2.25. The highest BCUT2D eigenvalue weighted by molar-refractivity contribution is 5.97. The van der Waals surface area contributed by atoms with E-state index in [1.165, 1.54) is 11.0 Å². The molecule has 7 nitrogen and oxygen atoms in total. The third-order valence-electron chi connectivity index (χ3n) is 3.25. The van der Waals surface area contributed by atoms with Gasteiger partial charge in [-0.3, -0.25) is 24.6 Å². The van der Waals surface area contributed by atoms with Gasteiger partial charge < -0.3 is 5.32 Å². The number of imide groups is 1. The Morgan fingerprint density at radius 2 is 1.95 bits per heavy atom. The number of carbonyl (C=O) groups excluding carboxylic acids is 2. The van der Waals surface area contributed by atoms with Crippen molar-refractivity contribution in [2.45, 2.75) is 25.8 Å². The highest BCUT2D eigenvalue weighted by atomic mass is 16.6. The number of carbonyl (C=O) groups is 2. The van der Waals surface area contributed by atoms with Gasteiger partial charge in [0.25, 0.3) is 5.69 Å². The maximum Gasteiger partial charge on any atom is 0.292 e. The maximum absolute atomic E-state index is 11.7. The van der Waals surface area contributed by atoms with E-state index in [4.69, 9.17) is 0 Å². The van der Waals surface area contributed by atoms with Crippen LogP contribution in [-0.2, 0) is 16.1 Å². The SMILES string of the molecule is CNc1ccc(CN2C(=O)CCCC2=O)cc1[N+](=O)[O-]. The van der Waals surface area contributed by atoms with Crippen molar-refractivity contribution in [2.24, 2.45) is 0 Å². The summed E-state index contributed by atoms with van der Waals surface area (Å²) < 4.78 is 0. The van der Waals surface area contributed by atoms with Crippen molar-refractivity contribution in [1.29, 1.82) is 0 Å². The molecule has 0 radical (unpaired) electrons. The summed E-state index contributed by atoms with van der Waals surface area (Å²) in [5.41, 5.74) is 0.899. The molecule has 106 valence electrons. The van der Waals surface area contributed by atoms with Crippen molar-refractivity contribution in [2.75, 3.05) is 12.4 Å². The fourth-order valence-electron chi connectivity index (χ4n) is 2.20. The molecular formula is C13H15N3O4. The van der Waals surface area contributed by atoms with Gasteiger partial charge in [0, 0.05) is 26.0 Å². The van der Waals surface area contributed by atoms with E-state index in [0.717, 1.165) is 0 Å². The lowest BCUT2D eigenvalue weighted by atomic mass is 10.1. The van der Waals surface area contributed by atoms with E-state index in [-0.39, 0.29) is 24.0 Å². The Morgan fingerprint density at radius 3 is 2.50 bits per heavy atom. The highest BCUT2D eigenvalue weighted by Crippen LogP contribution is 2.26. The van der Waals surface area contributed by atoms with Crippen LogP contribution in [0, 0.1) is 10.1 Å².